The van der Waals surface area contributed by atoms with Crippen LogP contribution in [-0.4, -0.2) is 26.5 Å². The van der Waals surface area contributed by atoms with Crippen molar-refractivity contribution < 1.29 is 0 Å². The third-order valence-corrected chi connectivity index (χ3v) is 12.0. The number of allylic oxidation sites excluding steroid dienone is 1. The molecule has 0 radical (unpaired) electrons. The van der Waals surface area contributed by atoms with Crippen LogP contribution in [0.25, 0.3) is 84.4 Å². The van der Waals surface area contributed by atoms with Gasteiger partial charge in [-0.1, -0.05) is 231 Å². The zero-order chi connectivity index (χ0) is 44.8. The van der Waals surface area contributed by atoms with Crippen LogP contribution in [0.1, 0.15) is 23.1 Å². The molecule has 1 aromatic heterocycles. The molecule has 316 valence electrons. The van der Waals surface area contributed by atoms with Gasteiger partial charge in [-0.2, -0.15) is 0 Å². The quantitative estimate of drug-likeness (QED) is 0.138. The summed E-state index contributed by atoms with van der Waals surface area (Å²) in [7, 11) is 0. The average Bonchev–Trinajstić information content (AvgIpc) is 3.66. The van der Waals surface area contributed by atoms with Gasteiger partial charge in [-0.15, -0.1) is 0 Å². The van der Waals surface area contributed by atoms with Crippen LogP contribution in [0, 0.1) is 0 Å². The molecule has 0 fully saturated rings. The summed E-state index contributed by atoms with van der Waals surface area (Å²) in [5.41, 5.74) is 16.7. The van der Waals surface area contributed by atoms with Crippen molar-refractivity contribution >= 4 is 17.2 Å². The van der Waals surface area contributed by atoms with Crippen molar-refractivity contribution in [2.45, 2.75) is 6.42 Å². The highest BCUT2D eigenvalue weighted by Gasteiger charge is 2.20. The molecule has 2 heterocycles. The fourth-order valence-corrected chi connectivity index (χ4v) is 8.66. The molecule has 0 unspecified atom stereocenters. The molecule has 1 aliphatic rings. The van der Waals surface area contributed by atoms with E-state index in [2.05, 4.69) is 164 Å². The molecule has 0 N–H and O–H groups in total. The van der Waals surface area contributed by atoms with Gasteiger partial charge in [0.25, 0.3) is 0 Å². The van der Waals surface area contributed by atoms with E-state index in [0.29, 0.717) is 29.7 Å². The smallest absolute Gasteiger partial charge is 0.164 e. The molecule has 1 aliphatic heterocycles. The van der Waals surface area contributed by atoms with E-state index in [4.69, 9.17) is 24.9 Å². The molecule has 10 aromatic rings. The zero-order valence-corrected chi connectivity index (χ0v) is 36.6. The van der Waals surface area contributed by atoms with E-state index >= 15 is 0 Å². The first-order valence-corrected chi connectivity index (χ1v) is 22.5. The molecule has 11 rings (SSSR count). The molecule has 0 aliphatic carbocycles. The van der Waals surface area contributed by atoms with Gasteiger partial charge in [0.1, 0.15) is 0 Å². The van der Waals surface area contributed by atoms with Gasteiger partial charge < -0.3 is 0 Å². The number of benzene rings is 9. The van der Waals surface area contributed by atoms with Crippen molar-refractivity contribution in [2.24, 2.45) is 9.98 Å². The molecule has 0 atom stereocenters. The standard InChI is InChI=1S/C62H43N5/c1-7-20-43(21-8-1)54-41-53(51-32-19-33-52(40-51)62-66-60(49-28-15-5-16-29-49)65-61(67-62)50-30-17-6-18-31-50)42-55(44-22-9-2-10-23-44)58(54)47-36-34-46(35-37-47)57-39-38-56(45-24-11-3-12-25-45)63-59(64-57)48-26-13-4-14-27-48/h1-38,40-42H,39H2. The summed E-state index contributed by atoms with van der Waals surface area (Å²) < 4.78 is 0. The Balaban J connectivity index is 1.03. The summed E-state index contributed by atoms with van der Waals surface area (Å²) in [5, 5.41) is 0. The summed E-state index contributed by atoms with van der Waals surface area (Å²) in [6, 6.07) is 84.3. The average molecular weight is 858 g/mol. The molecule has 0 saturated carbocycles. The fourth-order valence-electron chi connectivity index (χ4n) is 8.66. The number of hydrogen-bond acceptors (Lipinski definition) is 5. The van der Waals surface area contributed by atoms with Crippen LogP contribution >= 0.6 is 0 Å². The Kier molecular flexibility index (Phi) is 11.4. The van der Waals surface area contributed by atoms with Crippen LogP contribution in [0.4, 0.5) is 0 Å². The second-order valence-corrected chi connectivity index (χ2v) is 16.4. The molecule has 0 bridgehead atoms. The monoisotopic (exact) mass is 857 g/mol. The highest BCUT2D eigenvalue weighted by molar-refractivity contribution is 6.15. The third-order valence-electron chi connectivity index (χ3n) is 12.0. The molecular weight excluding hydrogens is 815 g/mol. The second kappa shape index (κ2) is 18.7. The lowest BCUT2D eigenvalue weighted by molar-refractivity contribution is 1.07. The SMILES string of the molecule is C1=C(c2ccccc2)N=C(c2ccccc2)N=C(c2ccc(-c3c(-c4ccccc4)cc(-c4cccc(-c5nc(-c6ccccc6)nc(-c6ccccc6)n5)c4)cc3-c3ccccc3)cc2)C1. The van der Waals surface area contributed by atoms with Gasteiger partial charge in [0, 0.05) is 28.7 Å². The topological polar surface area (TPSA) is 63.4 Å². The number of aliphatic imine (C=N–C) groups is 2. The number of hydrogen-bond donors (Lipinski definition) is 0. The van der Waals surface area contributed by atoms with Crippen molar-refractivity contribution in [1.82, 2.24) is 15.0 Å². The predicted octanol–water partition coefficient (Wildman–Crippen LogP) is 15.2. The molecule has 0 spiro atoms. The molecule has 9 aromatic carbocycles. The maximum atomic E-state index is 5.24. The molecular formula is C62H43N5. The van der Waals surface area contributed by atoms with E-state index < -0.39 is 0 Å². The maximum absolute atomic E-state index is 5.24. The second-order valence-electron chi connectivity index (χ2n) is 16.4. The number of nitrogens with zero attached hydrogens (tertiary/aromatic N) is 5. The first-order valence-electron chi connectivity index (χ1n) is 22.5. The third kappa shape index (κ3) is 8.82. The Hall–Kier alpha value is -8.93. The van der Waals surface area contributed by atoms with Gasteiger partial charge in [-0.05, 0) is 73.8 Å². The van der Waals surface area contributed by atoms with E-state index in [1.54, 1.807) is 0 Å². The van der Waals surface area contributed by atoms with Crippen LogP contribution in [-0.2, 0) is 0 Å². The zero-order valence-electron chi connectivity index (χ0n) is 36.6. The normalized spacial score (nSPS) is 12.4. The largest absolute Gasteiger partial charge is 0.232 e. The number of aromatic nitrogens is 3. The lowest BCUT2D eigenvalue weighted by atomic mass is 9.84. The van der Waals surface area contributed by atoms with Crippen LogP contribution < -0.4 is 0 Å². The van der Waals surface area contributed by atoms with E-state index in [1.165, 1.54) is 0 Å². The first kappa shape index (κ1) is 40.8. The van der Waals surface area contributed by atoms with Crippen molar-refractivity contribution in [3.8, 4) is 78.7 Å². The number of rotatable bonds is 10. The van der Waals surface area contributed by atoms with Gasteiger partial charge in [0.15, 0.2) is 23.3 Å². The van der Waals surface area contributed by atoms with Crippen molar-refractivity contribution in [3.05, 3.63) is 265 Å². The highest BCUT2D eigenvalue weighted by Crippen LogP contribution is 2.44. The molecule has 0 saturated heterocycles. The van der Waals surface area contributed by atoms with E-state index in [1.807, 2.05) is 84.9 Å². The Bertz CT molecular complexity index is 3300. The fraction of sp³-hybridized carbons (Fsp3) is 0.0161. The summed E-state index contributed by atoms with van der Waals surface area (Å²) in [6.07, 6.45) is 2.84. The molecule has 5 nitrogen and oxygen atoms in total. The Morgan fingerprint density at radius 3 is 1.18 bits per heavy atom. The Morgan fingerprint density at radius 2 is 0.672 bits per heavy atom. The highest BCUT2D eigenvalue weighted by atomic mass is 15.0. The molecule has 67 heavy (non-hydrogen) atoms. The van der Waals surface area contributed by atoms with Crippen LogP contribution in [0.15, 0.2) is 259 Å². The van der Waals surface area contributed by atoms with Crippen LogP contribution in [0.3, 0.4) is 0 Å². The van der Waals surface area contributed by atoms with Crippen LogP contribution in [0.2, 0.25) is 0 Å². The van der Waals surface area contributed by atoms with Gasteiger partial charge in [0.05, 0.1) is 11.4 Å². The van der Waals surface area contributed by atoms with E-state index in [0.717, 1.165) is 89.3 Å². The van der Waals surface area contributed by atoms with E-state index in [9.17, 15) is 0 Å². The van der Waals surface area contributed by atoms with Crippen LogP contribution in [0.5, 0.6) is 0 Å². The minimum Gasteiger partial charge on any atom is -0.232 e. The van der Waals surface area contributed by atoms with Gasteiger partial charge >= 0.3 is 0 Å². The van der Waals surface area contributed by atoms with E-state index in [-0.39, 0.29) is 0 Å². The Labute approximate surface area is 391 Å². The summed E-state index contributed by atoms with van der Waals surface area (Å²) in [6.45, 7) is 0. The lowest BCUT2D eigenvalue weighted by Crippen LogP contribution is -2.05. The van der Waals surface area contributed by atoms with Crippen molar-refractivity contribution in [3.63, 3.8) is 0 Å². The summed E-state index contributed by atoms with van der Waals surface area (Å²) >= 11 is 0. The minimum absolute atomic E-state index is 0.616. The summed E-state index contributed by atoms with van der Waals surface area (Å²) in [5.74, 6) is 2.58. The molecule has 0 amide bonds. The van der Waals surface area contributed by atoms with Gasteiger partial charge in [-0.3, -0.25) is 0 Å². The van der Waals surface area contributed by atoms with Gasteiger partial charge in [-0.25, -0.2) is 24.9 Å². The lowest BCUT2D eigenvalue weighted by Gasteiger charge is -2.20. The first-order chi connectivity index (χ1) is 33.2. The summed E-state index contributed by atoms with van der Waals surface area (Å²) in [4.78, 5) is 25.4. The Morgan fingerprint density at radius 1 is 0.269 bits per heavy atom. The van der Waals surface area contributed by atoms with Crippen molar-refractivity contribution in [1.29, 1.82) is 0 Å². The van der Waals surface area contributed by atoms with Gasteiger partial charge in [0.2, 0.25) is 0 Å². The number of amidine groups is 1. The van der Waals surface area contributed by atoms with Crippen molar-refractivity contribution in [2.75, 3.05) is 0 Å². The minimum atomic E-state index is 0.616. The predicted molar refractivity (Wildman–Crippen MR) is 276 cm³/mol. The maximum Gasteiger partial charge on any atom is 0.164 e. The molecule has 5 heteroatoms.